The highest BCUT2D eigenvalue weighted by Gasteiger charge is 2.28. The van der Waals surface area contributed by atoms with Crippen LogP contribution in [0.25, 0.3) is 21.9 Å². The highest BCUT2D eigenvalue weighted by molar-refractivity contribution is 6.38. The van der Waals surface area contributed by atoms with E-state index < -0.39 is 23.5 Å². The van der Waals surface area contributed by atoms with E-state index in [4.69, 9.17) is 5.73 Å². The molecule has 4 aromatic carbocycles. The number of primary amides is 1. The van der Waals surface area contributed by atoms with E-state index in [2.05, 4.69) is 5.32 Å². The van der Waals surface area contributed by atoms with Crippen LogP contribution in [0.4, 0.5) is 0 Å². The Kier molecular flexibility index (Phi) is 6.83. The maximum Gasteiger partial charge on any atom is 0.288 e. The summed E-state index contributed by atoms with van der Waals surface area (Å²) in [7, 11) is 0. The molecule has 0 aliphatic heterocycles. The quantitative estimate of drug-likeness (QED) is 0.383. The second-order valence-corrected chi connectivity index (χ2v) is 8.20. The summed E-state index contributed by atoms with van der Waals surface area (Å²) in [5.74, 6) is -2.51. The van der Waals surface area contributed by atoms with Gasteiger partial charge in [-0.15, -0.1) is 0 Å². The van der Waals surface area contributed by atoms with E-state index in [1.54, 1.807) is 13.0 Å². The molecule has 5 nitrogen and oxygen atoms in total. The summed E-state index contributed by atoms with van der Waals surface area (Å²) in [6, 6.07) is 28.7. The monoisotopic (exact) mass is 450 g/mol. The van der Waals surface area contributed by atoms with Crippen LogP contribution in [0.15, 0.2) is 91.0 Å². The van der Waals surface area contributed by atoms with Gasteiger partial charge in [-0.05, 0) is 58.5 Å². The number of hydrogen-bond acceptors (Lipinski definition) is 3. The van der Waals surface area contributed by atoms with Crippen molar-refractivity contribution in [1.82, 2.24) is 5.32 Å². The van der Waals surface area contributed by atoms with Crippen molar-refractivity contribution in [3.05, 3.63) is 108 Å². The number of benzene rings is 4. The molecule has 0 fully saturated rings. The SMILES string of the molecule is CCNC(=O)C(=O)[C@@H](Cc1ccccc1)c1ccc(-c2ccc3ccccc3c2)c(C(N)=O)c1. The number of likely N-dealkylation sites (N-methyl/N-ethyl adjacent to an activating group) is 1. The van der Waals surface area contributed by atoms with Crippen LogP contribution in [0.2, 0.25) is 0 Å². The number of fused-ring (bicyclic) bond motifs is 1. The first kappa shape index (κ1) is 22.9. The molecule has 0 aromatic heterocycles. The number of nitrogens with two attached hydrogens (primary N) is 1. The highest BCUT2D eigenvalue weighted by Crippen LogP contribution is 2.31. The molecule has 1 atom stereocenters. The summed E-state index contributed by atoms with van der Waals surface area (Å²) >= 11 is 0. The van der Waals surface area contributed by atoms with Crippen molar-refractivity contribution in [1.29, 1.82) is 0 Å². The van der Waals surface area contributed by atoms with E-state index >= 15 is 0 Å². The molecular formula is C29H26N2O3. The Labute approximate surface area is 198 Å². The molecule has 0 saturated carbocycles. The summed E-state index contributed by atoms with van der Waals surface area (Å²) < 4.78 is 0. The van der Waals surface area contributed by atoms with Crippen molar-refractivity contribution in [2.24, 2.45) is 5.73 Å². The van der Waals surface area contributed by atoms with E-state index in [0.29, 0.717) is 29.7 Å². The molecule has 0 spiro atoms. The maximum atomic E-state index is 13.1. The van der Waals surface area contributed by atoms with E-state index in [9.17, 15) is 14.4 Å². The first-order chi connectivity index (χ1) is 16.5. The molecule has 0 aliphatic rings. The third kappa shape index (κ3) is 4.89. The van der Waals surface area contributed by atoms with Gasteiger partial charge in [-0.2, -0.15) is 0 Å². The van der Waals surface area contributed by atoms with Gasteiger partial charge in [-0.3, -0.25) is 14.4 Å². The van der Waals surface area contributed by atoms with Crippen LogP contribution in [-0.2, 0) is 16.0 Å². The average Bonchev–Trinajstić information content (AvgIpc) is 2.87. The van der Waals surface area contributed by atoms with E-state index in [0.717, 1.165) is 21.9 Å². The molecule has 0 bridgehead atoms. The normalized spacial score (nSPS) is 11.7. The topological polar surface area (TPSA) is 89.3 Å². The molecule has 4 aromatic rings. The minimum absolute atomic E-state index is 0.314. The van der Waals surface area contributed by atoms with Gasteiger partial charge in [0.25, 0.3) is 5.91 Å². The Morgan fingerprint density at radius 2 is 1.53 bits per heavy atom. The summed E-state index contributed by atoms with van der Waals surface area (Å²) in [6.45, 7) is 2.12. The number of nitrogens with one attached hydrogen (secondary N) is 1. The van der Waals surface area contributed by atoms with Crippen LogP contribution in [0.3, 0.4) is 0 Å². The zero-order valence-corrected chi connectivity index (χ0v) is 19.0. The van der Waals surface area contributed by atoms with E-state index in [-0.39, 0.29) is 0 Å². The van der Waals surface area contributed by atoms with Crippen LogP contribution in [0.1, 0.15) is 34.3 Å². The van der Waals surface area contributed by atoms with Gasteiger partial charge in [0.2, 0.25) is 11.7 Å². The standard InChI is InChI=1S/C29H26N2O3/c1-2-31-29(34)27(32)25(16-19-8-4-3-5-9-19)23-14-15-24(26(18-23)28(30)33)22-13-12-20-10-6-7-11-21(20)17-22/h3-15,17-18,25H,2,16H2,1H3,(H2,30,33)(H,31,34)/t25-/m0/s1. The molecule has 5 heteroatoms. The predicted molar refractivity (Wildman–Crippen MR) is 134 cm³/mol. The lowest BCUT2D eigenvalue weighted by molar-refractivity contribution is -0.138. The van der Waals surface area contributed by atoms with Crippen LogP contribution in [0.5, 0.6) is 0 Å². The molecule has 0 unspecified atom stereocenters. The zero-order chi connectivity index (χ0) is 24.1. The van der Waals surface area contributed by atoms with Crippen molar-refractivity contribution in [2.75, 3.05) is 6.54 Å². The minimum atomic E-state index is -0.738. The molecule has 0 saturated heterocycles. The molecule has 0 heterocycles. The van der Waals surface area contributed by atoms with E-state index in [1.165, 1.54) is 0 Å². The smallest absolute Gasteiger partial charge is 0.288 e. The van der Waals surface area contributed by atoms with Gasteiger partial charge in [0.15, 0.2) is 0 Å². The number of carbonyl (C=O) groups is 3. The van der Waals surface area contributed by atoms with Crippen molar-refractivity contribution in [2.45, 2.75) is 19.3 Å². The number of rotatable bonds is 8. The number of hydrogen-bond donors (Lipinski definition) is 2. The van der Waals surface area contributed by atoms with Gasteiger partial charge in [-0.1, -0.05) is 78.9 Å². The molecule has 34 heavy (non-hydrogen) atoms. The minimum Gasteiger partial charge on any atom is -0.366 e. The van der Waals surface area contributed by atoms with Gasteiger partial charge >= 0.3 is 0 Å². The van der Waals surface area contributed by atoms with Gasteiger partial charge in [0.05, 0.1) is 5.92 Å². The number of carbonyl (C=O) groups excluding carboxylic acids is 3. The lowest BCUT2D eigenvalue weighted by Crippen LogP contribution is -2.35. The lowest BCUT2D eigenvalue weighted by atomic mass is 9.85. The maximum absolute atomic E-state index is 13.1. The van der Waals surface area contributed by atoms with Crippen LogP contribution in [-0.4, -0.2) is 24.1 Å². The third-order valence-electron chi connectivity index (χ3n) is 5.93. The lowest BCUT2D eigenvalue weighted by Gasteiger charge is -2.18. The van der Waals surface area contributed by atoms with Gasteiger partial charge < -0.3 is 11.1 Å². The highest BCUT2D eigenvalue weighted by atomic mass is 16.2. The van der Waals surface area contributed by atoms with Gasteiger partial charge in [-0.25, -0.2) is 0 Å². The number of amides is 2. The Morgan fingerprint density at radius 1 is 0.824 bits per heavy atom. The van der Waals surface area contributed by atoms with Crippen molar-refractivity contribution < 1.29 is 14.4 Å². The first-order valence-corrected chi connectivity index (χ1v) is 11.3. The van der Waals surface area contributed by atoms with Crippen molar-refractivity contribution >= 4 is 28.4 Å². The molecular weight excluding hydrogens is 424 g/mol. The first-order valence-electron chi connectivity index (χ1n) is 11.3. The second kappa shape index (κ2) is 10.1. The molecule has 2 amide bonds. The Balaban J connectivity index is 1.78. The zero-order valence-electron chi connectivity index (χ0n) is 19.0. The number of Topliss-reactive ketones (excluding diaryl/α,β-unsaturated/α-hetero) is 1. The number of ketones is 1. The average molecular weight is 451 g/mol. The molecule has 3 N–H and O–H groups in total. The third-order valence-corrected chi connectivity index (χ3v) is 5.93. The predicted octanol–water partition coefficient (Wildman–Crippen LogP) is 4.64. The van der Waals surface area contributed by atoms with E-state index in [1.807, 2.05) is 84.9 Å². The fourth-order valence-electron chi connectivity index (χ4n) is 4.21. The summed E-state index contributed by atoms with van der Waals surface area (Å²) in [5, 5.41) is 4.74. The van der Waals surface area contributed by atoms with Crippen molar-refractivity contribution in [3.8, 4) is 11.1 Å². The molecule has 4 rings (SSSR count). The van der Waals surface area contributed by atoms with Crippen LogP contribution < -0.4 is 11.1 Å². The Bertz CT molecular complexity index is 1360. The molecule has 0 aliphatic carbocycles. The summed E-state index contributed by atoms with van der Waals surface area (Å²) in [4.78, 5) is 38.0. The summed E-state index contributed by atoms with van der Waals surface area (Å²) in [5.41, 5.74) is 9.12. The second-order valence-electron chi connectivity index (χ2n) is 8.20. The summed E-state index contributed by atoms with van der Waals surface area (Å²) in [6.07, 6.45) is 0.338. The molecule has 0 radical (unpaired) electrons. The van der Waals surface area contributed by atoms with Crippen molar-refractivity contribution in [3.63, 3.8) is 0 Å². The van der Waals surface area contributed by atoms with Gasteiger partial charge in [0, 0.05) is 12.1 Å². The van der Waals surface area contributed by atoms with Crippen LogP contribution >= 0.6 is 0 Å². The largest absolute Gasteiger partial charge is 0.366 e. The molecule has 170 valence electrons. The Hall–Kier alpha value is -4.25. The van der Waals surface area contributed by atoms with Crippen LogP contribution in [0, 0.1) is 0 Å². The fourth-order valence-corrected chi connectivity index (χ4v) is 4.21. The Morgan fingerprint density at radius 3 is 2.24 bits per heavy atom. The fraction of sp³-hybridized carbons (Fsp3) is 0.138. The van der Waals surface area contributed by atoms with Gasteiger partial charge in [0.1, 0.15) is 0 Å².